The lowest BCUT2D eigenvalue weighted by Crippen LogP contribution is -2.45. The highest BCUT2D eigenvalue weighted by molar-refractivity contribution is 5.38. The van der Waals surface area contributed by atoms with Crippen LogP contribution < -0.4 is 4.74 Å². The molecule has 1 heterocycles. The lowest BCUT2D eigenvalue weighted by atomic mass is 9.84. The number of hydrogen-bond acceptors (Lipinski definition) is 3. The van der Waals surface area contributed by atoms with Crippen molar-refractivity contribution >= 4 is 0 Å². The average molecular weight is 263 g/mol. The van der Waals surface area contributed by atoms with Gasteiger partial charge in [0.15, 0.2) is 0 Å². The molecule has 0 aromatic heterocycles. The van der Waals surface area contributed by atoms with Crippen molar-refractivity contribution in [1.29, 1.82) is 0 Å². The van der Waals surface area contributed by atoms with Gasteiger partial charge < -0.3 is 14.7 Å². The van der Waals surface area contributed by atoms with E-state index in [-0.39, 0.29) is 0 Å². The highest BCUT2D eigenvalue weighted by atomic mass is 16.5. The highest BCUT2D eigenvalue weighted by Gasteiger charge is 2.32. The Morgan fingerprint density at radius 3 is 2.58 bits per heavy atom. The molecule has 3 nitrogen and oxygen atoms in total. The van der Waals surface area contributed by atoms with Crippen LogP contribution in [0.1, 0.15) is 30.9 Å². The second-order valence-corrected chi connectivity index (χ2v) is 5.65. The van der Waals surface area contributed by atoms with Gasteiger partial charge in [-0.2, -0.15) is 0 Å². The first-order valence-electron chi connectivity index (χ1n) is 7.14. The third-order valence-electron chi connectivity index (χ3n) is 4.19. The van der Waals surface area contributed by atoms with Gasteiger partial charge in [0.25, 0.3) is 0 Å². The first kappa shape index (κ1) is 14.4. The van der Waals surface area contributed by atoms with Gasteiger partial charge in [0.1, 0.15) is 5.75 Å². The summed E-state index contributed by atoms with van der Waals surface area (Å²) in [6.45, 7) is 7.30. The predicted octanol–water partition coefficient (Wildman–Crippen LogP) is 2.39. The van der Waals surface area contributed by atoms with E-state index in [2.05, 4.69) is 24.8 Å². The molecule has 2 rings (SSSR count). The average Bonchev–Trinajstić information content (AvgIpc) is 2.39. The van der Waals surface area contributed by atoms with Crippen molar-refractivity contribution in [2.24, 2.45) is 0 Å². The first-order chi connectivity index (χ1) is 9.06. The Hall–Kier alpha value is -1.06. The first-order valence-corrected chi connectivity index (χ1v) is 7.14. The summed E-state index contributed by atoms with van der Waals surface area (Å²) < 4.78 is 5.41. The fourth-order valence-corrected chi connectivity index (χ4v) is 2.86. The number of ether oxygens (including phenoxy) is 1. The third kappa shape index (κ3) is 3.48. The predicted molar refractivity (Wildman–Crippen MR) is 77.7 cm³/mol. The quantitative estimate of drug-likeness (QED) is 0.905. The molecule has 0 bridgehead atoms. The molecule has 0 saturated carbocycles. The molecule has 3 heteroatoms. The van der Waals surface area contributed by atoms with Gasteiger partial charge in [-0.15, -0.1) is 0 Å². The Bertz CT molecular complexity index is 423. The Morgan fingerprint density at radius 2 is 2.00 bits per heavy atom. The van der Waals surface area contributed by atoms with E-state index in [9.17, 15) is 5.11 Å². The van der Waals surface area contributed by atoms with Crippen LogP contribution in [0.5, 0.6) is 5.75 Å². The fraction of sp³-hybridized carbons (Fsp3) is 0.625. The molecule has 0 atom stereocenters. The summed E-state index contributed by atoms with van der Waals surface area (Å²) in [5, 5.41) is 10.8. The maximum Gasteiger partial charge on any atom is 0.122 e. The van der Waals surface area contributed by atoms with Gasteiger partial charge >= 0.3 is 0 Å². The zero-order chi connectivity index (χ0) is 13.9. The van der Waals surface area contributed by atoms with Crippen molar-refractivity contribution < 1.29 is 9.84 Å². The van der Waals surface area contributed by atoms with Crippen LogP contribution in [0, 0.1) is 6.92 Å². The molecule has 19 heavy (non-hydrogen) atoms. The van der Waals surface area contributed by atoms with E-state index < -0.39 is 5.60 Å². The van der Waals surface area contributed by atoms with Gasteiger partial charge in [-0.1, -0.05) is 24.6 Å². The topological polar surface area (TPSA) is 32.7 Å². The number of aliphatic hydroxyl groups is 1. The van der Waals surface area contributed by atoms with Crippen molar-refractivity contribution in [1.82, 2.24) is 4.90 Å². The molecule has 1 fully saturated rings. The molecule has 1 aliphatic heterocycles. The molecular weight excluding hydrogens is 238 g/mol. The molecule has 0 spiro atoms. The van der Waals surface area contributed by atoms with Gasteiger partial charge in [0.2, 0.25) is 0 Å². The van der Waals surface area contributed by atoms with E-state index >= 15 is 0 Å². The van der Waals surface area contributed by atoms with Crippen molar-refractivity contribution in [2.75, 3.05) is 26.7 Å². The molecule has 0 aliphatic carbocycles. The minimum atomic E-state index is -0.577. The van der Waals surface area contributed by atoms with Crippen LogP contribution in [0.2, 0.25) is 0 Å². The van der Waals surface area contributed by atoms with Crippen molar-refractivity contribution in [3.05, 3.63) is 29.3 Å². The van der Waals surface area contributed by atoms with E-state index in [1.165, 1.54) is 5.56 Å². The largest absolute Gasteiger partial charge is 0.496 e. The molecule has 0 radical (unpaired) electrons. The van der Waals surface area contributed by atoms with Gasteiger partial charge in [-0.25, -0.2) is 0 Å². The van der Waals surface area contributed by atoms with Crippen LogP contribution in [0.15, 0.2) is 18.2 Å². The van der Waals surface area contributed by atoms with Gasteiger partial charge in [0.05, 0.1) is 12.7 Å². The van der Waals surface area contributed by atoms with Crippen LogP contribution in [-0.4, -0.2) is 42.4 Å². The molecule has 0 amide bonds. The van der Waals surface area contributed by atoms with Crippen molar-refractivity contribution in [3.63, 3.8) is 0 Å². The number of nitrogens with zero attached hydrogens (tertiary/aromatic N) is 1. The molecule has 1 aromatic carbocycles. The monoisotopic (exact) mass is 263 g/mol. The number of benzene rings is 1. The molecule has 1 aliphatic rings. The molecule has 1 aromatic rings. The number of hydrogen-bond donors (Lipinski definition) is 1. The van der Waals surface area contributed by atoms with Crippen molar-refractivity contribution in [2.45, 2.75) is 38.7 Å². The minimum Gasteiger partial charge on any atom is -0.496 e. The summed E-state index contributed by atoms with van der Waals surface area (Å²) in [6.07, 6.45) is 2.38. The molecule has 1 N–H and O–H groups in total. The summed E-state index contributed by atoms with van der Waals surface area (Å²) in [4.78, 5) is 2.39. The SMILES string of the molecule is CCN1CCC(O)(Cc2cc(C)ccc2OC)CC1. The number of aryl methyl sites for hydroxylation is 1. The maximum atomic E-state index is 10.8. The van der Waals surface area contributed by atoms with Crippen LogP contribution >= 0.6 is 0 Å². The summed E-state index contributed by atoms with van der Waals surface area (Å²) in [5.74, 6) is 0.886. The highest BCUT2D eigenvalue weighted by Crippen LogP contribution is 2.30. The summed E-state index contributed by atoms with van der Waals surface area (Å²) in [7, 11) is 1.69. The molecule has 1 saturated heterocycles. The third-order valence-corrected chi connectivity index (χ3v) is 4.19. The Kier molecular flexibility index (Phi) is 4.48. The second kappa shape index (κ2) is 5.93. The summed E-state index contributed by atoms with van der Waals surface area (Å²) >= 11 is 0. The van der Waals surface area contributed by atoms with Crippen molar-refractivity contribution in [3.8, 4) is 5.75 Å². The van der Waals surface area contributed by atoms with Crippen LogP contribution in [-0.2, 0) is 6.42 Å². The maximum absolute atomic E-state index is 10.8. The van der Waals surface area contributed by atoms with Crippen LogP contribution in [0.3, 0.4) is 0 Å². The molecule has 0 unspecified atom stereocenters. The second-order valence-electron chi connectivity index (χ2n) is 5.65. The van der Waals surface area contributed by atoms with Gasteiger partial charge in [0, 0.05) is 19.5 Å². The van der Waals surface area contributed by atoms with E-state index in [0.29, 0.717) is 6.42 Å². The number of rotatable bonds is 4. The van der Waals surface area contributed by atoms with Crippen LogP contribution in [0.4, 0.5) is 0 Å². The Labute approximate surface area is 116 Å². The fourth-order valence-electron chi connectivity index (χ4n) is 2.86. The summed E-state index contributed by atoms with van der Waals surface area (Å²) in [6, 6.07) is 6.17. The Balaban J connectivity index is 2.10. The number of methoxy groups -OCH3 is 1. The van der Waals surface area contributed by atoms with Crippen LogP contribution in [0.25, 0.3) is 0 Å². The zero-order valence-electron chi connectivity index (χ0n) is 12.3. The van der Waals surface area contributed by atoms with E-state index in [0.717, 1.165) is 43.8 Å². The minimum absolute atomic E-state index is 0.577. The molecule has 106 valence electrons. The number of piperidine rings is 1. The molecular formula is C16H25NO2. The van der Waals surface area contributed by atoms with E-state index in [1.54, 1.807) is 7.11 Å². The standard InChI is InChI=1S/C16H25NO2/c1-4-17-9-7-16(18,8-10-17)12-14-11-13(2)5-6-15(14)19-3/h5-6,11,18H,4,7-10,12H2,1-3H3. The normalized spacial score (nSPS) is 19.4. The number of likely N-dealkylation sites (tertiary alicyclic amines) is 1. The zero-order valence-corrected chi connectivity index (χ0v) is 12.3. The van der Waals surface area contributed by atoms with E-state index in [1.807, 2.05) is 12.1 Å². The summed E-state index contributed by atoms with van der Waals surface area (Å²) in [5.41, 5.74) is 1.76. The van der Waals surface area contributed by atoms with Gasteiger partial charge in [-0.3, -0.25) is 0 Å². The Morgan fingerprint density at radius 1 is 1.32 bits per heavy atom. The smallest absolute Gasteiger partial charge is 0.122 e. The lowest BCUT2D eigenvalue weighted by Gasteiger charge is -2.38. The van der Waals surface area contributed by atoms with E-state index in [4.69, 9.17) is 4.74 Å². The van der Waals surface area contributed by atoms with Gasteiger partial charge in [-0.05, 0) is 37.9 Å². The lowest BCUT2D eigenvalue weighted by molar-refractivity contribution is -0.0197.